The summed E-state index contributed by atoms with van der Waals surface area (Å²) in [5.41, 5.74) is 6.54. The van der Waals surface area contributed by atoms with Crippen molar-refractivity contribution in [3.05, 3.63) is 63.6 Å². The first-order valence-electron chi connectivity index (χ1n) is 5.47. The summed E-state index contributed by atoms with van der Waals surface area (Å²) in [5, 5.41) is 0. The molecule has 2 nitrogen and oxygen atoms in total. The molecule has 1 aromatic heterocycles. The lowest BCUT2D eigenvalue weighted by Gasteiger charge is -2.13. The van der Waals surface area contributed by atoms with Crippen LogP contribution in [-0.4, -0.2) is 4.98 Å². The van der Waals surface area contributed by atoms with Crippen molar-refractivity contribution in [3.8, 4) is 0 Å². The van der Waals surface area contributed by atoms with Gasteiger partial charge >= 0.3 is 0 Å². The van der Waals surface area contributed by atoms with Crippen LogP contribution in [0.5, 0.6) is 0 Å². The molecule has 1 aromatic carbocycles. The Hall–Kier alpha value is -1.40. The Morgan fingerprint density at radius 2 is 1.89 bits per heavy atom. The Balaban J connectivity index is 2.25. The molecule has 19 heavy (non-hydrogen) atoms. The van der Waals surface area contributed by atoms with Crippen LogP contribution in [0.25, 0.3) is 0 Å². The number of hydrogen-bond donors (Lipinski definition) is 1. The Morgan fingerprint density at radius 3 is 2.58 bits per heavy atom. The van der Waals surface area contributed by atoms with Crippen molar-refractivity contribution < 1.29 is 13.2 Å². The van der Waals surface area contributed by atoms with Crippen molar-refractivity contribution in [1.29, 1.82) is 0 Å². The maximum Gasteiger partial charge on any atom is 0.194 e. The first-order valence-corrected chi connectivity index (χ1v) is 6.26. The average Bonchev–Trinajstić information content (AvgIpc) is 2.36. The average molecular weight is 331 g/mol. The van der Waals surface area contributed by atoms with Gasteiger partial charge in [0.05, 0.1) is 0 Å². The second-order valence-electron chi connectivity index (χ2n) is 4.09. The summed E-state index contributed by atoms with van der Waals surface area (Å²) in [6, 6.07) is 3.03. The van der Waals surface area contributed by atoms with Crippen molar-refractivity contribution in [1.82, 2.24) is 4.98 Å². The van der Waals surface area contributed by atoms with Crippen LogP contribution in [0.2, 0.25) is 0 Å². The highest BCUT2D eigenvalue weighted by molar-refractivity contribution is 9.10. The van der Waals surface area contributed by atoms with Gasteiger partial charge in [-0.05, 0) is 40.0 Å². The molecule has 1 atom stereocenters. The zero-order chi connectivity index (χ0) is 14.0. The van der Waals surface area contributed by atoms with Gasteiger partial charge in [0.15, 0.2) is 17.5 Å². The zero-order valence-electron chi connectivity index (χ0n) is 9.71. The maximum atomic E-state index is 13.6. The third-order valence-electron chi connectivity index (χ3n) is 2.68. The molecule has 1 heterocycles. The lowest BCUT2D eigenvalue weighted by atomic mass is 10.00. The molecule has 6 heteroatoms. The molecular weight excluding hydrogens is 321 g/mol. The number of benzene rings is 1. The summed E-state index contributed by atoms with van der Waals surface area (Å²) in [6.07, 6.45) is 3.46. The molecule has 0 spiro atoms. The van der Waals surface area contributed by atoms with Gasteiger partial charge in [0, 0.05) is 28.5 Å². The van der Waals surface area contributed by atoms with E-state index in [2.05, 4.69) is 20.9 Å². The predicted octanol–water partition coefficient (Wildman–Crippen LogP) is 3.50. The molecule has 0 radical (unpaired) electrons. The van der Waals surface area contributed by atoms with Crippen LogP contribution in [-0.2, 0) is 6.42 Å². The van der Waals surface area contributed by atoms with E-state index in [9.17, 15) is 13.2 Å². The van der Waals surface area contributed by atoms with Gasteiger partial charge in [0.1, 0.15) is 0 Å². The second kappa shape index (κ2) is 5.71. The molecule has 2 aromatic rings. The van der Waals surface area contributed by atoms with Gasteiger partial charge in [-0.3, -0.25) is 4.98 Å². The summed E-state index contributed by atoms with van der Waals surface area (Å²) >= 11 is 3.26. The fourth-order valence-electron chi connectivity index (χ4n) is 1.76. The zero-order valence-corrected chi connectivity index (χ0v) is 11.3. The second-order valence-corrected chi connectivity index (χ2v) is 5.00. The van der Waals surface area contributed by atoms with Crippen LogP contribution in [0, 0.1) is 17.5 Å². The molecule has 0 bridgehead atoms. The number of aromatic nitrogens is 1. The predicted molar refractivity (Wildman–Crippen MR) is 68.9 cm³/mol. The Morgan fingerprint density at radius 1 is 1.16 bits per heavy atom. The van der Waals surface area contributed by atoms with Crippen LogP contribution >= 0.6 is 15.9 Å². The van der Waals surface area contributed by atoms with Crippen LogP contribution in [0.1, 0.15) is 17.2 Å². The van der Waals surface area contributed by atoms with E-state index in [0.29, 0.717) is 0 Å². The van der Waals surface area contributed by atoms with Gasteiger partial charge in [0.25, 0.3) is 0 Å². The number of nitrogens with zero attached hydrogens (tertiary/aromatic N) is 1. The third-order valence-corrected chi connectivity index (χ3v) is 3.12. The van der Waals surface area contributed by atoms with Gasteiger partial charge in [0.2, 0.25) is 0 Å². The monoisotopic (exact) mass is 330 g/mol. The Bertz CT molecular complexity index is 604. The van der Waals surface area contributed by atoms with Crippen LogP contribution < -0.4 is 5.73 Å². The Labute approximate surface area is 116 Å². The highest BCUT2D eigenvalue weighted by Crippen LogP contribution is 2.23. The Kier molecular flexibility index (Phi) is 4.21. The topological polar surface area (TPSA) is 38.9 Å². The summed E-state index contributed by atoms with van der Waals surface area (Å²) in [7, 11) is 0. The molecule has 100 valence electrons. The van der Waals surface area contributed by atoms with Crippen molar-refractivity contribution in [2.45, 2.75) is 12.5 Å². The first-order chi connectivity index (χ1) is 8.99. The fourth-order valence-corrected chi connectivity index (χ4v) is 2.17. The summed E-state index contributed by atoms with van der Waals surface area (Å²) < 4.78 is 40.3. The van der Waals surface area contributed by atoms with Crippen molar-refractivity contribution >= 4 is 15.9 Å². The fraction of sp³-hybridized carbons (Fsp3) is 0.154. The van der Waals surface area contributed by atoms with E-state index in [1.165, 1.54) is 0 Å². The molecule has 0 aliphatic heterocycles. The molecule has 2 rings (SSSR count). The number of nitrogens with two attached hydrogens (primary N) is 1. The standard InChI is InChI=1S/C13H10BrF3N2/c14-8-3-7(5-19-6-8)4-11(18)9-1-2-10(15)13(17)12(9)16/h1-3,5-6,11H,4,18H2. The minimum absolute atomic E-state index is 0.0566. The summed E-state index contributed by atoms with van der Waals surface area (Å²) in [5.74, 6) is -3.96. The summed E-state index contributed by atoms with van der Waals surface area (Å²) in [4.78, 5) is 3.95. The highest BCUT2D eigenvalue weighted by Gasteiger charge is 2.18. The first kappa shape index (κ1) is 14.0. The van der Waals surface area contributed by atoms with Crippen molar-refractivity contribution in [2.75, 3.05) is 0 Å². The van der Waals surface area contributed by atoms with Crippen molar-refractivity contribution in [3.63, 3.8) is 0 Å². The van der Waals surface area contributed by atoms with E-state index in [1.807, 2.05) is 0 Å². The number of pyridine rings is 1. The van der Waals surface area contributed by atoms with Gasteiger partial charge < -0.3 is 5.73 Å². The number of halogens is 4. The van der Waals surface area contributed by atoms with Gasteiger partial charge in [-0.1, -0.05) is 6.07 Å². The van der Waals surface area contributed by atoms with E-state index in [0.717, 1.165) is 22.2 Å². The van der Waals surface area contributed by atoms with Crippen LogP contribution in [0.15, 0.2) is 35.1 Å². The number of rotatable bonds is 3. The summed E-state index contributed by atoms with van der Waals surface area (Å²) in [6.45, 7) is 0. The normalized spacial score (nSPS) is 12.5. The minimum Gasteiger partial charge on any atom is -0.324 e. The van der Waals surface area contributed by atoms with E-state index >= 15 is 0 Å². The molecular formula is C13H10BrF3N2. The van der Waals surface area contributed by atoms with Gasteiger partial charge in [-0.15, -0.1) is 0 Å². The van der Waals surface area contributed by atoms with E-state index in [1.54, 1.807) is 18.5 Å². The molecule has 0 amide bonds. The van der Waals surface area contributed by atoms with Gasteiger partial charge in [-0.2, -0.15) is 0 Å². The quantitative estimate of drug-likeness (QED) is 0.875. The van der Waals surface area contributed by atoms with Gasteiger partial charge in [-0.25, -0.2) is 13.2 Å². The maximum absolute atomic E-state index is 13.6. The lowest BCUT2D eigenvalue weighted by molar-refractivity contribution is 0.435. The number of hydrogen-bond acceptors (Lipinski definition) is 2. The van der Waals surface area contributed by atoms with Crippen LogP contribution in [0.4, 0.5) is 13.2 Å². The van der Waals surface area contributed by atoms with E-state index in [4.69, 9.17) is 5.73 Å². The van der Waals surface area contributed by atoms with Crippen LogP contribution in [0.3, 0.4) is 0 Å². The smallest absolute Gasteiger partial charge is 0.194 e. The molecule has 0 aliphatic rings. The molecule has 1 unspecified atom stereocenters. The highest BCUT2D eigenvalue weighted by atomic mass is 79.9. The molecule has 0 aliphatic carbocycles. The molecule has 0 saturated carbocycles. The molecule has 2 N–H and O–H groups in total. The van der Waals surface area contributed by atoms with Crippen molar-refractivity contribution in [2.24, 2.45) is 5.73 Å². The molecule has 0 saturated heterocycles. The van der Waals surface area contributed by atoms with E-state index < -0.39 is 23.5 Å². The largest absolute Gasteiger partial charge is 0.324 e. The van der Waals surface area contributed by atoms with E-state index in [-0.39, 0.29) is 12.0 Å². The third kappa shape index (κ3) is 3.13. The molecule has 0 fully saturated rings. The minimum atomic E-state index is -1.50. The SMILES string of the molecule is NC(Cc1cncc(Br)c1)c1ccc(F)c(F)c1F. The lowest BCUT2D eigenvalue weighted by Crippen LogP contribution is -2.16.